The van der Waals surface area contributed by atoms with E-state index < -0.39 is 0 Å². The normalized spacial score (nSPS) is 11.0. The molecule has 1 aromatic carbocycles. The molecule has 0 unspecified atom stereocenters. The van der Waals surface area contributed by atoms with Gasteiger partial charge in [-0.25, -0.2) is 9.18 Å². The van der Waals surface area contributed by atoms with Gasteiger partial charge in [-0.15, -0.1) is 0 Å². The molecular weight excluding hydrogens is 207 g/mol. The van der Waals surface area contributed by atoms with Crippen LogP contribution in [0.1, 0.15) is 25.5 Å². The molecule has 0 fully saturated rings. The van der Waals surface area contributed by atoms with Gasteiger partial charge in [0.25, 0.3) is 0 Å². The Labute approximate surface area is 92.3 Å². The van der Waals surface area contributed by atoms with Crippen molar-refractivity contribution in [2.75, 3.05) is 0 Å². The van der Waals surface area contributed by atoms with E-state index in [-0.39, 0.29) is 17.4 Å². The van der Waals surface area contributed by atoms with Crippen molar-refractivity contribution >= 4 is 0 Å². The van der Waals surface area contributed by atoms with Crippen molar-refractivity contribution in [3.05, 3.63) is 46.3 Å². The quantitative estimate of drug-likeness (QED) is 0.803. The summed E-state index contributed by atoms with van der Waals surface area (Å²) in [4.78, 5) is 16.7. The first-order chi connectivity index (χ1) is 7.58. The third-order valence-electron chi connectivity index (χ3n) is 2.45. The van der Waals surface area contributed by atoms with Gasteiger partial charge >= 0.3 is 5.69 Å². The molecule has 0 amide bonds. The first kappa shape index (κ1) is 10.7. The van der Waals surface area contributed by atoms with Crippen LogP contribution in [-0.2, 0) is 0 Å². The fourth-order valence-corrected chi connectivity index (χ4v) is 1.70. The molecule has 2 rings (SSSR count). The van der Waals surface area contributed by atoms with E-state index in [9.17, 15) is 9.18 Å². The van der Waals surface area contributed by atoms with Crippen LogP contribution in [0.15, 0.2) is 29.1 Å². The van der Waals surface area contributed by atoms with Crippen LogP contribution >= 0.6 is 0 Å². The fraction of sp³-hybridized carbons (Fsp3) is 0.250. The zero-order chi connectivity index (χ0) is 11.7. The summed E-state index contributed by atoms with van der Waals surface area (Å²) >= 11 is 0. The Bertz CT molecular complexity index is 554. The van der Waals surface area contributed by atoms with Gasteiger partial charge in [-0.3, -0.25) is 0 Å². The third-order valence-corrected chi connectivity index (χ3v) is 2.45. The van der Waals surface area contributed by atoms with Crippen molar-refractivity contribution in [1.82, 2.24) is 9.97 Å². The van der Waals surface area contributed by atoms with Gasteiger partial charge in [-0.1, -0.05) is 26.0 Å². The molecule has 0 spiro atoms. The van der Waals surface area contributed by atoms with Crippen LogP contribution in [0.3, 0.4) is 0 Å². The van der Waals surface area contributed by atoms with E-state index in [0.29, 0.717) is 11.3 Å². The maximum absolute atomic E-state index is 13.1. The second-order valence-electron chi connectivity index (χ2n) is 4.03. The smallest absolute Gasteiger partial charge is 0.309 e. The standard InChI is InChI=1S/C12H13FN2O/c1-7(2)10-11(15-12(16)14-10)8-4-3-5-9(13)6-8/h3-7H,1-2H3,(H2,14,15,16). The second kappa shape index (κ2) is 3.96. The van der Waals surface area contributed by atoms with E-state index >= 15 is 0 Å². The summed E-state index contributed by atoms with van der Waals surface area (Å²) in [5.41, 5.74) is 1.89. The van der Waals surface area contributed by atoms with Gasteiger partial charge in [0.1, 0.15) is 5.82 Å². The Hall–Kier alpha value is -1.84. The van der Waals surface area contributed by atoms with E-state index in [1.54, 1.807) is 12.1 Å². The van der Waals surface area contributed by atoms with Crippen LogP contribution < -0.4 is 5.69 Å². The minimum atomic E-state index is -0.311. The van der Waals surface area contributed by atoms with Crippen LogP contribution in [0.5, 0.6) is 0 Å². The lowest BCUT2D eigenvalue weighted by Gasteiger charge is -2.06. The van der Waals surface area contributed by atoms with Crippen molar-refractivity contribution in [2.24, 2.45) is 0 Å². The van der Waals surface area contributed by atoms with Crippen LogP contribution in [0.25, 0.3) is 11.3 Å². The number of H-pyrrole nitrogens is 2. The summed E-state index contributed by atoms with van der Waals surface area (Å²) in [7, 11) is 0. The van der Waals surface area contributed by atoms with Gasteiger partial charge in [-0.05, 0) is 18.1 Å². The minimum absolute atomic E-state index is 0.178. The predicted octanol–water partition coefficient (Wildman–Crippen LogP) is 2.63. The van der Waals surface area contributed by atoms with Gasteiger partial charge in [-0.2, -0.15) is 0 Å². The van der Waals surface area contributed by atoms with Gasteiger partial charge in [0.2, 0.25) is 0 Å². The largest absolute Gasteiger partial charge is 0.323 e. The maximum Gasteiger partial charge on any atom is 0.323 e. The summed E-state index contributed by atoms with van der Waals surface area (Å²) in [6.07, 6.45) is 0. The average molecular weight is 220 g/mol. The van der Waals surface area contributed by atoms with Gasteiger partial charge in [0.05, 0.1) is 5.69 Å². The minimum Gasteiger partial charge on any atom is -0.309 e. The highest BCUT2D eigenvalue weighted by molar-refractivity contribution is 5.62. The number of halogens is 1. The summed E-state index contributed by atoms with van der Waals surface area (Å²) in [5, 5.41) is 0. The Morgan fingerprint density at radius 2 is 2.00 bits per heavy atom. The predicted molar refractivity (Wildman–Crippen MR) is 60.9 cm³/mol. The maximum atomic E-state index is 13.1. The van der Waals surface area contributed by atoms with E-state index in [2.05, 4.69) is 9.97 Å². The molecule has 84 valence electrons. The Kier molecular flexibility index (Phi) is 2.64. The number of aromatic amines is 2. The number of nitrogens with one attached hydrogen (secondary N) is 2. The second-order valence-corrected chi connectivity index (χ2v) is 4.03. The molecule has 16 heavy (non-hydrogen) atoms. The molecule has 2 aromatic rings. The molecule has 0 saturated carbocycles. The van der Waals surface area contributed by atoms with E-state index in [0.717, 1.165) is 5.69 Å². The lowest BCUT2D eigenvalue weighted by Crippen LogP contribution is -2.01. The average Bonchev–Trinajstić information content (AvgIpc) is 2.60. The highest BCUT2D eigenvalue weighted by Crippen LogP contribution is 2.24. The molecule has 0 aliphatic carbocycles. The van der Waals surface area contributed by atoms with E-state index in [4.69, 9.17) is 0 Å². The number of aromatic nitrogens is 2. The molecule has 0 saturated heterocycles. The topological polar surface area (TPSA) is 48.6 Å². The monoisotopic (exact) mass is 220 g/mol. The van der Waals surface area contributed by atoms with Crippen molar-refractivity contribution < 1.29 is 4.39 Å². The molecule has 0 aliphatic heterocycles. The van der Waals surface area contributed by atoms with Gasteiger partial charge in [0.15, 0.2) is 0 Å². The first-order valence-electron chi connectivity index (χ1n) is 5.16. The summed E-state index contributed by atoms with van der Waals surface area (Å²) in [5.74, 6) is -0.133. The van der Waals surface area contributed by atoms with Gasteiger partial charge < -0.3 is 9.97 Å². The molecule has 0 bridgehead atoms. The highest BCUT2D eigenvalue weighted by atomic mass is 19.1. The Morgan fingerprint density at radius 1 is 1.25 bits per heavy atom. The molecule has 0 atom stereocenters. The Morgan fingerprint density at radius 3 is 2.62 bits per heavy atom. The summed E-state index contributed by atoms with van der Waals surface area (Å²) < 4.78 is 13.1. The Balaban J connectivity index is 2.59. The number of imidazole rings is 1. The molecular formula is C12H13FN2O. The van der Waals surface area contributed by atoms with Crippen LogP contribution in [-0.4, -0.2) is 9.97 Å². The third kappa shape index (κ3) is 1.91. The van der Waals surface area contributed by atoms with Crippen molar-refractivity contribution in [3.63, 3.8) is 0 Å². The molecule has 2 N–H and O–H groups in total. The number of hydrogen-bond donors (Lipinski definition) is 2. The van der Waals surface area contributed by atoms with Crippen molar-refractivity contribution in [1.29, 1.82) is 0 Å². The van der Waals surface area contributed by atoms with Crippen molar-refractivity contribution in [3.8, 4) is 11.3 Å². The highest BCUT2D eigenvalue weighted by Gasteiger charge is 2.12. The molecule has 1 heterocycles. The summed E-state index contributed by atoms with van der Waals surface area (Å²) in [6, 6.07) is 6.18. The van der Waals surface area contributed by atoms with Crippen LogP contribution in [0.2, 0.25) is 0 Å². The number of hydrogen-bond acceptors (Lipinski definition) is 1. The zero-order valence-corrected chi connectivity index (χ0v) is 9.17. The lowest BCUT2D eigenvalue weighted by molar-refractivity contribution is 0.628. The molecule has 3 nitrogen and oxygen atoms in total. The van der Waals surface area contributed by atoms with Crippen LogP contribution in [0, 0.1) is 5.82 Å². The first-order valence-corrected chi connectivity index (χ1v) is 5.16. The molecule has 4 heteroatoms. The fourth-order valence-electron chi connectivity index (χ4n) is 1.70. The number of rotatable bonds is 2. The van der Waals surface area contributed by atoms with E-state index in [1.165, 1.54) is 12.1 Å². The van der Waals surface area contributed by atoms with E-state index in [1.807, 2.05) is 13.8 Å². The van der Waals surface area contributed by atoms with Crippen molar-refractivity contribution in [2.45, 2.75) is 19.8 Å². The van der Waals surface area contributed by atoms with Gasteiger partial charge in [0, 0.05) is 11.3 Å². The zero-order valence-electron chi connectivity index (χ0n) is 9.17. The SMILES string of the molecule is CC(C)c1[nH]c(=O)[nH]c1-c1cccc(F)c1. The number of benzene rings is 1. The molecule has 0 aliphatic rings. The lowest BCUT2D eigenvalue weighted by atomic mass is 10.0. The molecule has 0 radical (unpaired) electrons. The summed E-state index contributed by atoms with van der Waals surface area (Å²) in [6.45, 7) is 3.95. The molecule has 1 aromatic heterocycles. The van der Waals surface area contributed by atoms with Crippen LogP contribution in [0.4, 0.5) is 4.39 Å².